The second-order valence-electron chi connectivity index (χ2n) is 10.3. The maximum absolute atomic E-state index is 13.3. The highest BCUT2D eigenvalue weighted by Gasteiger charge is 2.31. The van der Waals surface area contributed by atoms with Crippen LogP contribution in [0.5, 0.6) is 0 Å². The van der Waals surface area contributed by atoms with E-state index in [1.54, 1.807) is 29.8 Å². The molecule has 1 amide bonds. The largest absolute Gasteiger partial charge is 0.481 e. The quantitative estimate of drug-likeness (QED) is 0.303. The lowest BCUT2D eigenvalue weighted by Crippen LogP contribution is -2.29. The molecule has 1 unspecified atom stereocenters. The maximum atomic E-state index is 13.3. The third-order valence-electron chi connectivity index (χ3n) is 7.46. The van der Waals surface area contributed by atoms with Gasteiger partial charge in [-0.15, -0.1) is 0 Å². The smallest absolute Gasteiger partial charge is 0.416 e. The van der Waals surface area contributed by atoms with Crippen LogP contribution in [0.1, 0.15) is 71.6 Å². The number of carbonyl (C=O) groups excluding carboxylic acids is 1. The molecule has 39 heavy (non-hydrogen) atoms. The van der Waals surface area contributed by atoms with Crippen LogP contribution in [0.3, 0.4) is 0 Å². The molecule has 1 fully saturated rings. The summed E-state index contributed by atoms with van der Waals surface area (Å²) in [7, 11) is 1.58. The number of nitrogens with zero attached hydrogens (tertiary/aromatic N) is 2. The number of anilines is 1. The van der Waals surface area contributed by atoms with Gasteiger partial charge < -0.3 is 19.9 Å². The Hall–Kier alpha value is -3.75. The first-order chi connectivity index (χ1) is 18.5. The van der Waals surface area contributed by atoms with Crippen molar-refractivity contribution in [2.75, 3.05) is 18.9 Å². The molecule has 1 heterocycles. The van der Waals surface area contributed by atoms with Crippen molar-refractivity contribution in [1.29, 1.82) is 0 Å². The van der Waals surface area contributed by atoms with Gasteiger partial charge in [0, 0.05) is 42.9 Å². The van der Waals surface area contributed by atoms with Gasteiger partial charge in [0.05, 0.1) is 18.0 Å². The van der Waals surface area contributed by atoms with Crippen LogP contribution in [0.2, 0.25) is 0 Å². The number of aryl methyl sites for hydroxylation is 1. The Bertz CT molecular complexity index is 1290. The first-order valence-corrected chi connectivity index (χ1v) is 13.2. The van der Waals surface area contributed by atoms with Crippen molar-refractivity contribution in [2.45, 2.75) is 57.7 Å². The Balaban J connectivity index is 1.58. The summed E-state index contributed by atoms with van der Waals surface area (Å²) in [5, 5.41) is 12.5. The van der Waals surface area contributed by atoms with Gasteiger partial charge in [0.2, 0.25) is 0 Å². The zero-order chi connectivity index (χ0) is 28.2. The van der Waals surface area contributed by atoms with Crippen molar-refractivity contribution < 1.29 is 27.9 Å². The number of nitrogens with one attached hydrogen (secondary N) is 1. The highest BCUT2D eigenvalue weighted by molar-refractivity contribution is 5.94. The number of carbonyl (C=O) groups is 2. The molecule has 2 aromatic carbocycles. The van der Waals surface area contributed by atoms with Gasteiger partial charge in [0.15, 0.2) is 0 Å². The molecule has 1 aliphatic carbocycles. The summed E-state index contributed by atoms with van der Waals surface area (Å²) >= 11 is 0. The van der Waals surface area contributed by atoms with Crippen molar-refractivity contribution in [3.05, 3.63) is 83.2 Å². The summed E-state index contributed by atoms with van der Waals surface area (Å²) in [5.74, 6) is -0.848. The summed E-state index contributed by atoms with van der Waals surface area (Å²) in [6, 6.07) is 12.4. The monoisotopic (exact) mass is 541 g/mol. The molecule has 1 aromatic heterocycles. The molecule has 4 rings (SSSR count). The van der Waals surface area contributed by atoms with E-state index in [9.17, 15) is 22.8 Å². The number of halogens is 3. The molecule has 208 valence electrons. The molecule has 0 aliphatic heterocycles. The van der Waals surface area contributed by atoms with E-state index in [1.807, 2.05) is 31.5 Å². The minimum absolute atomic E-state index is 0.0443. The molecular formula is C30H34F3N3O3. The van der Waals surface area contributed by atoms with Gasteiger partial charge in [-0.2, -0.15) is 13.2 Å². The van der Waals surface area contributed by atoms with E-state index >= 15 is 0 Å². The second-order valence-corrected chi connectivity index (χ2v) is 10.3. The Kier molecular flexibility index (Phi) is 8.67. The summed E-state index contributed by atoms with van der Waals surface area (Å²) in [6.07, 6.45) is 4.83. The van der Waals surface area contributed by atoms with E-state index in [0.717, 1.165) is 54.6 Å². The minimum atomic E-state index is -4.41. The Morgan fingerprint density at radius 1 is 1.08 bits per heavy atom. The molecule has 0 bridgehead atoms. The van der Waals surface area contributed by atoms with Gasteiger partial charge in [-0.05, 0) is 79.3 Å². The number of hydrogen-bond donors (Lipinski definition) is 2. The van der Waals surface area contributed by atoms with Crippen LogP contribution in [0.15, 0.2) is 60.9 Å². The molecule has 1 atom stereocenters. The number of aliphatic carboxylic acids is 1. The van der Waals surface area contributed by atoms with Gasteiger partial charge in [-0.1, -0.05) is 25.3 Å². The fourth-order valence-electron chi connectivity index (χ4n) is 5.28. The lowest BCUT2D eigenvalue weighted by molar-refractivity contribution is -0.138. The van der Waals surface area contributed by atoms with Crippen LogP contribution in [-0.4, -0.2) is 40.0 Å². The molecule has 9 heteroatoms. The molecule has 3 aromatic rings. The zero-order valence-corrected chi connectivity index (χ0v) is 22.2. The van der Waals surface area contributed by atoms with Gasteiger partial charge in [-0.3, -0.25) is 9.59 Å². The molecule has 6 nitrogen and oxygen atoms in total. The van der Waals surface area contributed by atoms with Gasteiger partial charge in [-0.25, -0.2) is 0 Å². The first kappa shape index (κ1) is 28.3. The van der Waals surface area contributed by atoms with Crippen LogP contribution in [0, 0.1) is 12.8 Å². The Morgan fingerprint density at radius 3 is 2.41 bits per heavy atom. The Morgan fingerprint density at radius 2 is 1.77 bits per heavy atom. The third-order valence-corrected chi connectivity index (χ3v) is 7.46. The van der Waals surface area contributed by atoms with E-state index in [1.165, 1.54) is 17.4 Å². The lowest BCUT2D eigenvalue weighted by Gasteiger charge is -2.32. The van der Waals surface area contributed by atoms with Crippen LogP contribution in [0.25, 0.3) is 5.69 Å². The summed E-state index contributed by atoms with van der Waals surface area (Å²) in [4.78, 5) is 24.9. The second kappa shape index (κ2) is 12.0. The summed E-state index contributed by atoms with van der Waals surface area (Å²) in [6.45, 7) is 2.10. The highest BCUT2D eigenvalue weighted by Crippen LogP contribution is 2.39. The minimum Gasteiger partial charge on any atom is -0.481 e. The van der Waals surface area contributed by atoms with Crippen LogP contribution in [0.4, 0.5) is 18.9 Å². The lowest BCUT2D eigenvalue weighted by atomic mass is 9.81. The van der Waals surface area contributed by atoms with Crippen molar-refractivity contribution in [3.63, 3.8) is 0 Å². The topological polar surface area (TPSA) is 74.6 Å². The van der Waals surface area contributed by atoms with Crippen molar-refractivity contribution >= 4 is 17.6 Å². The number of benzene rings is 2. The van der Waals surface area contributed by atoms with Crippen molar-refractivity contribution in [3.8, 4) is 5.69 Å². The number of alkyl halides is 3. The van der Waals surface area contributed by atoms with E-state index in [0.29, 0.717) is 17.2 Å². The summed E-state index contributed by atoms with van der Waals surface area (Å²) < 4.78 is 41.7. The van der Waals surface area contributed by atoms with Gasteiger partial charge in [0.1, 0.15) is 0 Å². The number of amides is 1. The summed E-state index contributed by atoms with van der Waals surface area (Å²) in [5.41, 5.74) is 3.10. The fraction of sp³-hybridized carbons (Fsp3) is 0.400. The number of aromatic nitrogens is 1. The number of hydrogen-bond acceptors (Lipinski definition) is 3. The van der Waals surface area contributed by atoms with Crippen molar-refractivity contribution in [1.82, 2.24) is 9.47 Å². The molecular weight excluding hydrogens is 507 g/mol. The number of rotatable bonds is 9. The number of carboxylic acid groups (broad SMARTS) is 1. The van der Waals surface area contributed by atoms with Crippen LogP contribution < -0.4 is 5.32 Å². The third kappa shape index (κ3) is 7.02. The van der Waals surface area contributed by atoms with E-state index in [4.69, 9.17) is 5.11 Å². The zero-order valence-electron chi connectivity index (χ0n) is 22.2. The maximum Gasteiger partial charge on any atom is 0.416 e. The Labute approximate surface area is 226 Å². The van der Waals surface area contributed by atoms with Crippen LogP contribution >= 0.6 is 0 Å². The van der Waals surface area contributed by atoms with E-state index < -0.39 is 17.7 Å². The highest BCUT2D eigenvalue weighted by atomic mass is 19.4. The average molecular weight is 542 g/mol. The molecule has 0 radical (unpaired) electrons. The van der Waals surface area contributed by atoms with Crippen LogP contribution in [-0.2, 0) is 11.0 Å². The molecule has 2 N–H and O–H groups in total. The SMILES string of the molecule is Cc1cn(-c2cccc(C(F)(F)F)c2)cc1C(Nc1ccc(C(=O)N(C)CCC(=O)O)cc1)C1CCCCC1. The van der Waals surface area contributed by atoms with Crippen molar-refractivity contribution in [2.24, 2.45) is 5.92 Å². The van der Waals surface area contributed by atoms with Gasteiger partial charge in [0.25, 0.3) is 5.91 Å². The van der Waals surface area contributed by atoms with E-state index in [-0.39, 0.29) is 24.9 Å². The fourth-order valence-corrected chi connectivity index (χ4v) is 5.28. The molecule has 1 aliphatic rings. The predicted octanol–water partition coefficient (Wildman–Crippen LogP) is 7.08. The predicted molar refractivity (Wildman–Crippen MR) is 144 cm³/mol. The molecule has 0 saturated heterocycles. The first-order valence-electron chi connectivity index (χ1n) is 13.2. The van der Waals surface area contributed by atoms with Gasteiger partial charge >= 0.3 is 12.1 Å². The molecule has 0 spiro atoms. The standard InChI is InChI=1S/C30H34F3N3O3/c1-20-18-36(25-10-6-9-23(17-25)30(31,32)33)19-26(20)28(21-7-4-3-5-8-21)34-24-13-11-22(12-14-24)29(39)35(2)16-15-27(37)38/h6,9-14,17-19,21,28,34H,3-5,7-8,15-16H2,1-2H3,(H,37,38). The average Bonchev–Trinajstić information content (AvgIpc) is 3.31. The van der Waals surface area contributed by atoms with E-state index in [2.05, 4.69) is 5.32 Å². The number of carboxylic acids is 1. The normalized spacial score (nSPS) is 15.1. The molecule has 1 saturated carbocycles.